The molecule has 0 radical (unpaired) electrons. The zero-order valence-electron chi connectivity index (χ0n) is 7.83. The molecule has 1 unspecified atom stereocenters. The van der Waals surface area contributed by atoms with E-state index in [0.717, 1.165) is 0 Å². The van der Waals surface area contributed by atoms with Crippen LogP contribution >= 0.6 is 0 Å². The monoisotopic (exact) mass is 151 g/mol. The van der Waals surface area contributed by atoms with Gasteiger partial charge in [0, 0.05) is 5.71 Å². The second-order valence-corrected chi connectivity index (χ2v) is 3.80. The van der Waals surface area contributed by atoms with Crippen LogP contribution in [0.25, 0.3) is 0 Å². The van der Waals surface area contributed by atoms with E-state index in [-0.39, 0.29) is 0 Å². The van der Waals surface area contributed by atoms with Gasteiger partial charge in [-0.1, -0.05) is 33.8 Å². The largest absolute Gasteiger partial charge is 0.282 e. The summed E-state index contributed by atoms with van der Waals surface area (Å²) in [5, 5.41) is 0. The minimum atomic E-state index is 0.437. The fourth-order valence-corrected chi connectivity index (χ4v) is 1.17. The predicted octanol–water partition coefficient (Wildman–Crippen LogP) is 2.68. The van der Waals surface area contributed by atoms with Crippen LogP contribution in [0.3, 0.4) is 0 Å². The summed E-state index contributed by atoms with van der Waals surface area (Å²) in [5.74, 6) is 1.22. The molecule has 1 rings (SSSR count). The molecule has 0 amide bonds. The first kappa shape index (κ1) is 8.51. The van der Waals surface area contributed by atoms with E-state index in [1.807, 2.05) is 0 Å². The Morgan fingerprint density at radius 3 is 2.18 bits per heavy atom. The highest BCUT2D eigenvalue weighted by Gasteiger charge is 2.15. The van der Waals surface area contributed by atoms with Gasteiger partial charge in [-0.25, -0.2) is 0 Å². The summed E-state index contributed by atoms with van der Waals surface area (Å²) >= 11 is 0. The molecule has 0 N–H and O–H groups in total. The van der Waals surface area contributed by atoms with Crippen LogP contribution in [-0.4, -0.2) is 11.8 Å². The van der Waals surface area contributed by atoms with Crippen LogP contribution in [0.2, 0.25) is 0 Å². The molecule has 0 aromatic rings. The van der Waals surface area contributed by atoms with E-state index in [4.69, 9.17) is 0 Å². The van der Waals surface area contributed by atoms with E-state index in [0.29, 0.717) is 17.9 Å². The van der Waals surface area contributed by atoms with Gasteiger partial charge in [0.05, 0.1) is 6.04 Å². The molecule has 11 heavy (non-hydrogen) atoms. The molecule has 0 spiro atoms. The lowest BCUT2D eigenvalue weighted by molar-refractivity contribution is 0.577. The standard InChI is InChI=1S/C10H17N/c1-7(2)9-5-6-10(11-9)8(3)4/h5-9H,1-4H3. The molecule has 0 aliphatic carbocycles. The predicted molar refractivity (Wildman–Crippen MR) is 50.0 cm³/mol. The fraction of sp³-hybridized carbons (Fsp3) is 0.700. The molecule has 1 aliphatic heterocycles. The number of nitrogens with zero attached hydrogens (tertiary/aromatic N) is 1. The average Bonchev–Trinajstić information content (AvgIpc) is 2.33. The van der Waals surface area contributed by atoms with Crippen molar-refractivity contribution in [2.24, 2.45) is 16.8 Å². The molecule has 1 heteroatoms. The SMILES string of the molecule is CC(C)C1=NC(C(C)C)C=C1. The molecule has 62 valence electrons. The van der Waals surface area contributed by atoms with Crippen LogP contribution in [0.5, 0.6) is 0 Å². The molecule has 1 nitrogen and oxygen atoms in total. The number of aliphatic imine (C=N–C) groups is 1. The molecule has 1 heterocycles. The Bertz CT molecular complexity index is 187. The van der Waals surface area contributed by atoms with Crippen LogP contribution in [0.15, 0.2) is 17.1 Å². The maximum absolute atomic E-state index is 4.59. The Hall–Kier alpha value is -0.590. The Labute approximate surface area is 69.2 Å². The summed E-state index contributed by atoms with van der Waals surface area (Å²) < 4.78 is 0. The first-order valence-electron chi connectivity index (χ1n) is 4.37. The minimum Gasteiger partial charge on any atom is -0.282 e. The molecule has 0 saturated heterocycles. The number of rotatable bonds is 2. The van der Waals surface area contributed by atoms with Gasteiger partial charge in [0.15, 0.2) is 0 Å². The average molecular weight is 151 g/mol. The highest BCUT2D eigenvalue weighted by molar-refractivity contribution is 5.98. The van der Waals surface area contributed by atoms with E-state index in [1.165, 1.54) is 5.71 Å². The lowest BCUT2D eigenvalue weighted by atomic mass is 10.1. The van der Waals surface area contributed by atoms with Crippen molar-refractivity contribution in [3.63, 3.8) is 0 Å². The van der Waals surface area contributed by atoms with Crippen molar-refractivity contribution in [2.75, 3.05) is 0 Å². The van der Waals surface area contributed by atoms with Crippen LogP contribution in [0.4, 0.5) is 0 Å². The van der Waals surface area contributed by atoms with Crippen molar-refractivity contribution < 1.29 is 0 Å². The third-order valence-electron chi connectivity index (χ3n) is 2.04. The lowest BCUT2D eigenvalue weighted by Crippen LogP contribution is -2.08. The van der Waals surface area contributed by atoms with Crippen molar-refractivity contribution in [3.8, 4) is 0 Å². The Morgan fingerprint density at radius 2 is 1.91 bits per heavy atom. The molecule has 0 aromatic carbocycles. The second-order valence-electron chi connectivity index (χ2n) is 3.80. The van der Waals surface area contributed by atoms with E-state index in [2.05, 4.69) is 44.8 Å². The van der Waals surface area contributed by atoms with Crippen molar-refractivity contribution >= 4 is 5.71 Å². The van der Waals surface area contributed by atoms with Crippen molar-refractivity contribution in [2.45, 2.75) is 33.7 Å². The van der Waals surface area contributed by atoms with Crippen LogP contribution in [0, 0.1) is 11.8 Å². The number of hydrogen-bond donors (Lipinski definition) is 0. The van der Waals surface area contributed by atoms with Crippen molar-refractivity contribution in [3.05, 3.63) is 12.2 Å². The van der Waals surface area contributed by atoms with Crippen LogP contribution < -0.4 is 0 Å². The summed E-state index contributed by atoms with van der Waals surface area (Å²) in [6.45, 7) is 8.79. The van der Waals surface area contributed by atoms with Crippen molar-refractivity contribution in [1.29, 1.82) is 0 Å². The molecule has 1 aliphatic rings. The maximum Gasteiger partial charge on any atom is 0.0709 e. The van der Waals surface area contributed by atoms with Gasteiger partial charge >= 0.3 is 0 Å². The van der Waals surface area contributed by atoms with Gasteiger partial charge in [-0.15, -0.1) is 0 Å². The van der Waals surface area contributed by atoms with Gasteiger partial charge in [-0.2, -0.15) is 0 Å². The van der Waals surface area contributed by atoms with Gasteiger partial charge < -0.3 is 0 Å². The number of allylic oxidation sites excluding steroid dienone is 1. The van der Waals surface area contributed by atoms with Gasteiger partial charge in [0.2, 0.25) is 0 Å². The summed E-state index contributed by atoms with van der Waals surface area (Å²) in [7, 11) is 0. The molecular formula is C10H17N. The summed E-state index contributed by atoms with van der Waals surface area (Å²) in [5.41, 5.74) is 1.25. The third kappa shape index (κ3) is 1.92. The summed E-state index contributed by atoms with van der Waals surface area (Å²) in [6, 6.07) is 0.437. The molecule has 0 fully saturated rings. The minimum absolute atomic E-state index is 0.437. The molecular weight excluding hydrogens is 134 g/mol. The molecule has 0 saturated carbocycles. The third-order valence-corrected chi connectivity index (χ3v) is 2.04. The summed E-state index contributed by atoms with van der Waals surface area (Å²) in [4.78, 5) is 4.59. The fourth-order valence-electron chi connectivity index (χ4n) is 1.17. The van der Waals surface area contributed by atoms with Gasteiger partial charge in [0.1, 0.15) is 0 Å². The zero-order valence-corrected chi connectivity index (χ0v) is 7.83. The van der Waals surface area contributed by atoms with Crippen LogP contribution in [0.1, 0.15) is 27.7 Å². The topological polar surface area (TPSA) is 12.4 Å². The van der Waals surface area contributed by atoms with E-state index in [1.54, 1.807) is 0 Å². The van der Waals surface area contributed by atoms with E-state index >= 15 is 0 Å². The zero-order chi connectivity index (χ0) is 8.43. The highest BCUT2D eigenvalue weighted by atomic mass is 14.8. The van der Waals surface area contributed by atoms with Crippen molar-refractivity contribution in [1.82, 2.24) is 0 Å². The Kier molecular flexibility index (Phi) is 2.48. The normalized spacial score (nSPS) is 23.5. The molecule has 0 aromatic heterocycles. The molecule has 0 bridgehead atoms. The van der Waals surface area contributed by atoms with Crippen LogP contribution in [-0.2, 0) is 0 Å². The van der Waals surface area contributed by atoms with E-state index in [9.17, 15) is 0 Å². The molecule has 1 atom stereocenters. The van der Waals surface area contributed by atoms with Gasteiger partial charge in [-0.05, 0) is 17.9 Å². The highest BCUT2D eigenvalue weighted by Crippen LogP contribution is 2.16. The first-order valence-corrected chi connectivity index (χ1v) is 4.37. The smallest absolute Gasteiger partial charge is 0.0709 e. The Balaban J connectivity index is 2.63. The number of hydrogen-bond acceptors (Lipinski definition) is 1. The van der Waals surface area contributed by atoms with Gasteiger partial charge in [0.25, 0.3) is 0 Å². The maximum atomic E-state index is 4.59. The summed E-state index contributed by atoms with van der Waals surface area (Å²) in [6.07, 6.45) is 4.37. The second kappa shape index (κ2) is 3.21. The quantitative estimate of drug-likeness (QED) is 0.575. The Morgan fingerprint density at radius 1 is 1.27 bits per heavy atom. The lowest BCUT2D eigenvalue weighted by Gasteiger charge is -2.08. The van der Waals surface area contributed by atoms with Gasteiger partial charge in [-0.3, -0.25) is 4.99 Å². The first-order chi connectivity index (χ1) is 5.11. The van der Waals surface area contributed by atoms with E-state index < -0.39 is 0 Å².